The predicted molar refractivity (Wildman–Crippen MR) is 119 cm³/mol. The first kappa shape index (κ1) is 18.6. The molecule has 0 spiro atoms. The van der Waals surface area contributed by atoms with Gasteiger partial charge in [0.2, 0.25) is 0 Å². The summed E-state index contributed by atoms with van der Waals surface area (Å²) < 4.78 is 3.30. The van der Waals surface area contributed by atoms with Crippen molar-refractivity contribution in [3.8, 4) is 10.6 Å². The van der Waals surface area contributed by atoms with Gasteiger partial charge in [0.15, 0.2) is 5.82 Å². The third-order valence-electron chi connectivity index (χ3n) is 6.79. The summed E-state index contributed by atoms with van der Waals surface area (Å²) in [6, 6.07) is 4.03. The number of nitrogen functional groups attached to an aromatic ring is 1. The minimum atomic E-state index is 0.275. The molecule has 29 heavy (non-hydrogen) atoms. The Morgan fingerprint density at radius 3 is 2.55 bits per heavy atom. The van der Waals surface area contributed by atoms with Crippen LogP contribution in [0.3, 0.4) is 0 Å². The van der Waals surface area contributed by atoms with Crippen molar-refractivity contribution in [2.24, 2.45) is 17.9 Å². The topological polar surface area (TPSA) is 88.6 Å². The van der Waals surface area contributed by atoms with Crippen LogP contribution in [0.15, 0.2) is 18.3 Å². The fraction of sp³-hybridized carbons (Fsp3) is 0.476. The molecule has 8 heteroatoms. The molecule has 7 nitrogen and oxygen atoms in total. The zero-order valence-corrected chi connectivity index (χ0v) is 18.4. The van der Waals surface area contributed by atoms with Gasteiger partial charge in [0.25, 0.3) is 0 Å². The van der Waals surface area contributed by atoms with Gasteiger partial charge in [0.1, 0.15) is 17.0 Å². The fourth-order valence-electron chi connectivity index (χ4n) is 4.38. The Morgan fingerprint density at radius 1 is 1.17 bits per heavy atom. The molecule has 0 radical (unpaired) electrons. The molecular formula is C21H27N7S. The average Bonchev–Trinajstić information content (AvgIpc) is 3.36. The van der Waals surface area contributed by atoms with Crippen LogP contribution < -0.4 is 5.73 Å². The van der Waals surface area contributed by atoms with Gasteiger partial charge in [0.05, 0.1) is 27.2 Å². The number of pyridine rings is 1. The number of nitrogens with zero attached hydrogens (tertiary/aromatic N) is 5. The van der Waals surface area contributed by atoms with Crippen LogP contribution in [0.2, 0.25) is 0 Å². The van der Waals surface area contributed by atoms with Crippen molar-refractivity contribution in [2.75, 3.05) is 18.8 Å². The lowest BCUT2D eigenvalue weighted by Crippen LogP contribution is -2.30. The van der Waals surface area contributed by atoms with Crippen LogP contribution >= 0.6 is 11.3 Å². The van der Waals surface area contributed by atoms with Crippen LogP contribution in [-0.2, 0) is 13.6 Å². The monoisotopic (exact) mass is 409 g/mol. The predicted octanol–water partition coefficient (Wildman–Crippen LogP) is 4.02. The van der Waals surface area contributed by atoms with Crippen molar-refractivity contribution in [3.05, 3.63) is 24.2 Å². The molecule has 3 N–H and O–H groups in total. The van der Waals surface area contributed by atoms with E-state index < -0.39 is 0 Å². The number of aromatic nitrogens is 5. The number of aryl methyl sites for hydroxylation is 1. The molecule has 0 unspecified atom stereocenters. The van der Waals surface area contributed by atoms with Crippen LogP contribution in [0.25, 0.3) is 31.8 Å². The Hall–Kier alpha value is -2.45. The van der Waals surface area contributed by atoms with Crippen molar-refractivity contribution >= 4 is 38.4 Å². The zero-order chi connectivity index (χ0) is 20.6. The Bertz CT molecular complexity index is 1200. The number of nitrogens with one attached hydrogen (secondary N) is 1. The van der Waals surface area contributed by atoms with Gasteiger partial charge < -0.3 is 10.3 Å². The molecule has 0 saturated carbocycles. The van der Waals surface area contributed by atoms with E-state index in [1.54, 1.807) is 11.3 Å². The fourth-order valence-corrected chi connectivity index (χ4v) is 5.53. The van der Waals surface area contributed by atoms with Crippen molar-refractivity contribution in [1.82, 2.24) is 29.6 Å². The van der Waals surface area contributed by atoms with Crippen molar-refractivity contribution in [2.45, 2.75) is 34.2 Å². The van der Waals surface area contributed by atoms with Gasteiger partial charge in [-0.2, -0.15) is 5.10 Å². The minimum Gasteiger partial charge on any atom is -0.382 e. The molecule has 0 aromatic carbocycles. The maximum atomic E-state index is 6.31. The van der Waals surface area contributed by atoms with Gasteiger partial charge in [0, 0.05) is 26.3 Å². The number of thiophene rings is 1. The highest BCUT2D eigenvalue weighted by molar-refractivity contribution is 7.23. The second-order valence-electron chi connectivity index (χ2n) is 9.48. The summed E-state index contributed by atoms with van der Waals surface area (Å²) >= 11 is 1.69. The number of aromatic amines is 1. The maximum Gasteiger partial charge on any atom is 0.152 e. The van der Waals surface area contributed by atoms with E-state index in [4.69, 9.17) is 10.7 Å². The molecule has 1 aliphatic heterocycles. The molecule has 0 aliphatic carbocycles. The molecule has 4 aromatic heterocycles. The first-order chi connectivity index (χ1) is 13.7. The summed E-state index contributed by atoms with van der Waals surface area (Å²) in [5, 5.41) is 7.18. The molecule has 1 aliphatic rings. The lowest BCUT2D eigenvalue weighted by molar-refractivity contribution is 0.184. The Kier molecular flexibility index (Phi) is 3.86. The van der Waals surface area contributed by atoms with E-state index in [-0.39, 0.29) is 10.8 Å². The molecule has 152 valence electrons. The summed E-state index contributed by atoms with van der Waals surface area (Å²) in [7, 11) is 2.09. The minimum absolute atomic E-state index is 0.275. The van der Waals surface area contributed by atoms with E-state index in [1.807, 2.05) is 12.3 Å². The lowest BCUT2D eigenvalue weighted by atomic mass is 9.71. The first-order valence-electron chi connectivity index (χ1n) is 9.93. The molecular weight excluding hydrogens is 382 g/mol. The van der Waals surface area contributed by atoms with E-state index in [9.17, 15) is 0 Å². The van der Waals surface area contributed by atoms with Gasteiger partial charge in [-0.3, -0.25) is 10.00 Å². The summed E-state index contributed by atoms with van der Waals surface area (Å²) in [5.41, 5.74) is 10.5. The number of likely N-dealkylation sites (tertiary alicyclic amines) is 1. The highest BCUT2D eigenvalue weighted by atomic mass is 32.1. The second kappa shape index (κ2) is 6.03. The zero-order valence-electron chi connectivity index (χ0n) is 17.6. The van der Waals surface area contributed by atoms with Crippen LogP contribution in [0.4, 0.5) is 5.82 Å². The summed E-state index contributed by atoms with van der Waals surface area (Å²) in [6.07, 6.45) is 1.83. The molecule has 0 amide bonds. The van der Waals surface area contributed by atoms with Gasteiger partial charge in [-0.1, -0.05) is 27.7 Å². The van der Waals surface area contributed by atoms with Crippen LogP contribution in [0.1, 0.15) is 33.5 Å². The highest BCUT2D eigenvalue weighted by Crippen LogP contribution is 2.45. The van der Waals surface area contributed by atoms with E-state index in [0.717, 1.165) is 57.3 Å². The second-order valence-corrected chi connectivity index (χ2v) is 10.5. The molecule has 4 aromatic rings. The molecule has 1 saturated heterocycles. The number of imidazole rings is 1. The Balaban J connectivity index is 1.59. The Labute approximate surface area is 173 Å². The van der Waals surface area contributed by atoms with E-state index >= 15 is 0 Å². The quantitative estimate of drug-likeness (QED) is 0.533. The number of hydrogen-bond acceptors (Lipinski definition) is 6. The SMILES string of the molecule is Cn1c(CN2CC(C)(C)C(C)(C)C2)nc2c(N)nc3cc(-c4cc[nH]n4)sc3c21. The van der Waals surface area contributed by atoms with Crippen molar-refractivity contribution in [1.29, 1.82) is 0 Å². The molecule has 0 atom stereocenters. The lowest BCUT2D eigenvalue weighted by Gasteiger charge is -2.33. The molecule has 1 fully saturated rings. The van der Waals surface area contributed by atoms with Gasteiger partial charge in [-0.05, 0) is 23.0 Å². The number of rotatable bonds is 3. The average molecular weight is 410 g/mol. The smallest absolute Gasteiger partial charge is 0.152 e. The Morgan fingerprint density at radius 2 is 1.90 bits per heavy atom. The number of nitrogens with two attached hydrogens (primary N) is 1. The standard InChI is InChI=1S/C21H27N7S/c1-20(2)10-28(11-21(20,3)4)9-15-25-16-17(27(15)5)18-13(24-19(16)22)8-14(29-18)12-6-7-23-26-12/h6-8H,9-11H2,1-5H3,(H2,22,24)(H,23,26). The van der Waals surface area contributed by atoms with Crippen LogP contribution in [0.5, 0.6) is 0 Å². The molecule has 5 heterocycles. The molecule has 5 rings (SSSR count). The van der Waals surface area contributed by atoms with Gasteiger partial charge in [-0.15, -0.1) is 11.3 Å². The van der Waals surface area contributed by atoms with Crippen LogP contribution in [-0.4, -0.2) is 42.7 Å². The van der Waals surface area contributed by atoms with Gasteiger partial charge in [-0.25, -0.2) is 9.97 Å². The highest BCUT2D eigenvalue weighted by Gasteiger charge is 2.45. The first-order valence-corrected chi connectivity index (χ1v) is 10.7. The number of H-pyrrole nitrogens is 1. The number of hydrogen-bond donors (Lipinski definition) is 2. The third kappa shape index (κ3) is 2.77. The van der Waals surface area contributed by atoms with Crippen molar-refractivity contribution < 1.29 is 0 Å². The van der Waals surface area contributed by atoms with E-state index in [2.05, 4.69) is 65.5 Å². The van der Waals surface area contributed by atoms with Gasteiger partial charge >= 0.3 is 0 Å². The summed E-state index contributed by atoms with van der Waals surface area (Å²) in [5.74, 6) is 1.52. The summed E-state index contributed by atoms with van der Waals surface area (Å²) in [6.45, 7) is 12.4. The van der Waals surface area contributed by atoms with E-state index in [1.165, 1.54) is 0 Å². The van der Waals surface area contributed by atoms with Crippen molar-refractivity contribution in [3.63, 3.8) is 0 Å². The number of fused-ring (bicyclic) bond motifs is 3. The number of anilines is 1. The molecule has 0 bridgehead atoms. The normalized spacial score (nSPS) is 18.9. The largest absolute Gasteiger partial charge is 0.382 e. The van der Waals surface area contributed by atoms with Crippen LogP contribution in [0, 0.1) is 10.8 Å². The van der Waals surface area contributed by atoms with E-state index in [0.29, 0.717) is 5.82 Å². The third-order valence-corrected chi connectivity index (χ3v) is 7.94. The summed E-state index contributed by atoms with van der Waals surface area (Å²) in [4.78, 5) is 13.1. The maximum absolute atomic E-state index is 6.31.